The molecule has 0 rings (SSSR count). The van der Waals surface area contributed by atoms with E-state index in [2.05, 4.69) is 57.2 Å². The number of hydrogen-bond donors (Lipinski definition) is 0. The van der Waals surface area contributed by atoms with Crippen molar-refractivity contribution in [3.63, 3.8) is 0 Å². The zero-order valence-electron chi connectivity index (χ0n) is 42.7. The largest absolute Gasteiger partial charge is 0.462 e. The van der Waals surface area contributed by atoms with Crippen LogP contribution in [0.2, 0.25) is 0 Å². The van der Waals surface area contributed by atoms with Crippen LogP contribution in [0.4, 0.5) is 0 Å². The maximum atomic E-state index is 12.8. The monoisotopic (exact) mass is 915 g/mol. The fourth-order valence-electron chi connectivity index (χ4n) is 7.12. The van der Waals surface area contributed by atoms with Gasteiger partial charge in [0.1, 0.15) is 13.2 Å². The minimum absolute atomic E-state index is 0.106. The van der Waals surface area contributed by atoms with Gasteiger partial charge in [-0.15, -0.1) is 0 Å². The number of allylic oxidation sites excluding steroid dienone is 18. The molecular formula is C60H98O6. The van der Waals surface area contributed by atoms with Crippen molar-refractivity contribution in [1.29, 1.82) is 0 Å². The van der Waals surface area contributed by atoms with Crippen LogP contribution in [0.5, 0.6) is 0 Å². The molecule has 0 bridgehead atoms. The summed E-state index contributed by atoms with van der Waals surface area (Å²) < 4.78 is 16.8. The van der Waals surface area contributed by atoms with E-state index in [1.54, 1.807) is 0 Å². The van der Waals surface area contributed by atoms with Crippen LogP contribution in [0.3, 0.4) is 0 Å². The molecule has 374 valence electrons. The molecule has 0 radical (unpaired) electrons. The predicted molar refractivity (Wildman–Crippen MR) is 283 cm³/mol. The van der Waals surface area contributed by atoms with E-state index in [1.807, 2.05) is 72.9 Å². The highest BCUT2D eigenvalue weighted by Crippen LogP contribution is 2.13. The lowest BCUT2D eigenvalue weighted by atomic mass is 10.1. The highest BCUT2D eigenvalue weighted by Gasteiger charge is 2.19. The molecule has 0 saturated carbocycles. The van der Waals surface area contributed by atoms with Crippen molar-refractivity contribution in [2.24, 2.45) is 0 Å². The zero-order chi connectivity index (χ0) is 47.9. The molecule has 0 aliphatic carbocycles. The molecule has 0 aliphatic rings. The molecule has 6 nitrogen and oxygen atoms in total. The molecule has 66 heavy (non-hydrogen) atoms. The van der Waals surface area contributed by atoms with Crippen LogP contribution >= 0.6 is 0 Å². The highest BCUT2D eigenvalue weighted by atomic mass is 16.6. The number of hydrogen-bond acceptors (Lipinski definition) is 6. The summed E-state index contributed by atoms with van der Waals surface area (Å²) in [5.41, 5.74) is 0. The van der Waals surface area contributed by atoms with Crippen LogP contribution in [0, 0.1) is 0 Å². The predicted octanol–water partition coefficient (Wildman–Crippen LogP) is 17.9. The number of carbonyl (C=O) groups is 3. The van der Waals surface area contributed by atoms with E-state index in [0.29, 0.717) is 19.3 Å². The van der Waals surface area contributed by atoms with Crippen molar-refractivity contribution < 1.29 is 28.6 Å². The second-order valence-corrected chi connectivity index (χ2v) is 17.6. The first kappa shape index (κ1) is 62.1. The lowest BCUT2D eigenvalue weighted by Crippen LogP contribution is -2.30. The molecule has 0 fully saturated rings. The molecule has 0 aromatic heterocycles. The molecular weight excluding hydrogens is 817 g/mol. The molecule has 0 N–H and O–H groups in total. The minimum Gasteiger partial charge on any atom is -0.462 e. The molecule has 0 spiro atoms. The standard InChI is InChI=1S/C60H98O6/c1-4-7-10-13-16-19-22-25-27-29-30-31-33-35-38-41-44-47-50-53-59(62)65-56-57(55-64-58(61)52-49-46-43-40-37-34-24-21-18-15-12-9-6-3)66-60(63)54-51-48-45-42-39-36-32-28-26-23-20-17-14-11-8-5-2/h7,10,13,16,19,22,25,27-35,37-38,57H,4-6,8-9,11-12,14-15,17-18,20-21,23-24,26,36,39-56H2,1-3H3/b10-7-,16-13-,22-19-,27-25-,30-29+,32-28-,33-31-,37-34-,38-35-. The summed E-state index contributed by atoms with van der Waals surface area (Å²) >= 11 is 0. The van der Waals surface area contributed by atoms with Gasteiger partial charge in [-0.3, -0.25) is 14.4 Å². The van der Waals surface area contributed by atoms with Gasteiger partial charge in [0.15, 0.2) is 6.10 Å². The summed E-state index contributed by atoms with van der Waals surface area (Å²) in [4.78, 5) is 38.0. The average Bonchev–Trinajstić information content (AvgIpc) is 3.31. The van der Waals surface area contributed by atoms with Crippen LogP contribution in [0.1, 0.15) is 233 Å². The molecule has 0 saturated heterocycles. The maximum Gasteiger partial charge on any atom is 0.306 e. The van der Waals surface area contributed by atoms with Gasteiger partial charge in [-0.05, 0) is 89.9 Å². The minimum atomic E-state index is -0.809. The van der Waals surface area contributed by atoms with E-state index in [9.17, 15) is 14.4 Å². The lowest BCUT2D eigenvalue weighted by molar-refractivity contribution is -0.167. The Bertz CT molecular complexity index is 1370. The normalized spacial score (nSPS) is 13.0. The van der Waals surface area contributed by atoms with Crippen LogP contribution in [0.15, 0.2) is 109 Å². The number of esters is 3. The topological polar surface area (TPSA) is 78.9 Å². The fourth-order valence-corrected chi connectivity index (χ4v) is 7.12. The Morgan fingerprint density at radius 3 is 0.985 bits per heavy atom. The summed E-state index contributed by atoms with van der Waals surface area (Å²) in [5.74, 6) is -0.977. The van der Waals surface area contributed by atoms with Crippen molar-refractivity contribution in [3.05, 3.63) is 109 Å². The second kappa shape index (κ2) is 53.7. The number of unbranched alkanes of at least 4 members (excludes halogenated alkanes) is 24. The summed E-state index contributed by atoms with van der Waals surface area (Å²) in [6.07, 6.45) is 72.1. The zero-order valence-corrected chi connectivity index (χ0v) is 42.7. The Labute approximate surface area is 406 Å². The van der Waals surface area contributed by atoms with Gasteiger partial charge in [0, 0.05) is 19.3 Å². The third-order valence-corrected chi connectivity index (χ3v) is 11.2. The van der Waals surface area contributed by atoms with Crippen LogP contribution in [0.25, 0.3) is 0 Å². The summed E-state index contributed by atoms with van der Waals surface area (Å²) in [6.45, 7) is 6.42. The number of ether oxygens (including phenoxy) is 3. The van der Waals surface area contributed by atoms with Crippen LogP contribution < -0.4 is 0 Å². The van der Waals surface area contributed by atoms with Gasteiger partial charge >= 0.3 is 17.9 Å². The molecule has 0 heterocycles. The van der Waals surface area contributed by atoms with E-state index in [-0.39, 0.29) is 31.1 Å². The quantitative estimate of drug-likeness (QED) is 0.0199. The van der Waals surface area contributed by atoms with Crippen molar-refractivity contribution in [3.8, 4) is 0 Å². The average molecular weight is 915 g/mol. The Morgan fingerprint density at radius 1 is 0.318 bits per heavy atom. The van der Waals surface area contributed by atoms with Crippen molar-refractivity contribution in [2.75, 3.05) is 13.2 Å². The fraction of sp³-hybridized carbons (Fsp3) is 0.650. The second-order valence-electron chi connectivity index (χ2n) is 17.6. The van der Waals surface area contributed by atoms with E-state index in [4.69, 9.17) is 14.2 Å². The molecule has 0 aromatic rings. The van der Waals surface area contributed by atoms with E-state index in [0.717, 1.165) is 96.3 Å². The Kier molecular flexibility index (Phi) is 50.5. The van der Waals surface area contributed by atoms with Gasteiger partial charge in [-0.2, -0.15) is 0 Å². The van der Waals surface area contributed by atoms with Crippen LogP contribution in [-0.2, 0) is 28.6 Å². The molecule has 0 aromatic carbocycles. The Morgan fingerprint density at radius 2 is 0.606 bits per heavy atom. The molecule has 1 atom stereocenters. The molecule has 0 amide bonds. The molecule has 0 aliphatic heterocycles. The van der Waals surface area contributed by atoms with E-state index >= 15 is 0 Å². The van der Waals surface area contributed by atoms with Crippen molar-refractivity contribution in [1.82, 2.24) is 0 Å². The smallest absolute Gasteiger partial charge is 0.306 e. The van der Waals surface area contributed by atoms with Crippen molar-refractivity contribution >= 4 is 17.9 Å². The maximum absolute atomic E-state index is 12.8. The molecule has 1 unspecified atom stereocenters. The Hall–Kier alpha value is -3.93. The number of carbonyl (C=O) groups excluding carboxylic acids is 3. The van der Waals surface area contributed by atoms with Crippen LogP contribution in [-0.4, -0.2) is 37.2 Å². The first-order chi connectivity index (χ1) is 32.5. The van der Waals surface area contributed by atoms with Crippen molar-refractivity contribution in [2.45, 2.75) is 239 Å². The van der Waals surface area contributed by atoms with Gasteiger partial charge in [-0.25, -0.2) is 0 Å². The Balaban J connectivity index is 4.53. The first-order valence-corrected chi connectivity index (χ1v) is 27.0. The SMILES string of the molecule is CC\C=C/C=C\C=C/C=C\C=C\C=C/C=C\CCCCCC(=O)OCC(COC(=O)CCCCC/C=C\CCCCCCCC)OC(=O)CCCCCCC/C=C\CCCCCCCCC. The third kappa shape index (κ3) is 51.1. The lowest BCUT2D eigenvalue weighted by Gasteiger charge is -2.18. The van der Waals surface area contributed by atoms with Gasteiger partial charge in [-0.1, -0.05) is 233 Å². The van der Waals surface area contributed by atoms with Gasteiger partial charge < -0.3 is 14.2 Å². The van der Waals surface area contributed by atoms with E-state index in [1.165, 1.54) is 96.3 Å². The van der Waals surface area contributed by atoms with E-state index < -0.39 is 6.10 Å². The van der Waals surface area contributed by atoms with Gasteiger partial charge in [0.2, 0.25) is 0 Å². The van der Waals surface area contributed by atoms with Gasteiger partial charge in [0.25, 0.3) is 0 Å². The third-order valence-electron chi connectivity index (χ3n) is 11.2. The first-order valence-electron chi connectivity index (χ1n) is 27.0. The summed E-state index contributed by atoms with van der Waals surface area (Å²) in [6, 6.07) is 0. The van der Waals surface area contributed by atoms with Gasteiger partial charge in [0.05, 0.1) is 0 Å². The number of rotatable bonds is 47. The molecule has 6 heteroatoms. The summed E-state index contributed by atoms with van der Waals surface area (Å²) in [5, 5.41) is 0. The summed E-state index contributed by atoms with van der Waals surface area (Å²) in [7, 11) is 0. The highest BCUT2D eigenvalue weighted by molar-refractivity contribution is 5.71.